The molecule has 8 heteroatoms. The Kier molecular flexibility index (Phi) is 28.5. The molecule has 0 aliphatic carbocycles. The maximum atomic E-state index is 10.2. The summed E-state index contributed by atoms with van der Waals surface area (Å²) in [5, 5.41) is 32.3. The molecule has 0 spiro atoms. The van der Waals surface area contributed by atoms with Gasteiger partial charge in [-0.25, -0.2) is 4.79 Å². The molecular weight excluding hydrogens is 284 g/mol. The maximum Gasteiger partial charge on any atom is 0.332 e. The van der Waals surface area contributed by atoms with Gasteiger partial charge in [0.2, 0.25) is 0 Å². The molecule has 8 nitrogen and oxygen atoms in total. The van der Waals surface area contributed by atoms with Crippen molar-refractivity contribution in [1.82, 2.24) is 0 Å². The fourth-order valence-corrected chi connectivity index (χ4v) is 0.637. The number of carbonyl (C=O) groups excluding carboxylic acids is 1. The first kappa shape index (κ1) is 25.0. The van der Waals surface area contributed by atoms with Crippen LogP contribution < -0.4 is 0 Å². The van der Waals surface area contributed by atoms with Crippen LogP contribution in [0, 0.1) is 0 Å². The van der Waals surface area contributed by atoms with Crippen molar-refractivity contribution in [1.29, 1.82) is 0 Å². The number of methoxy groups -OCH3 is 1. The Morgan fingerprint density at radius 3 is 1.24 bits per heavy atom. The molecule has 0 rings (SSSR count). The smallest absolute Gasteiger partial charge is 0.332 e. The largest absolute Gasteiger partial charge is 0.466 e. The highest BCUT2D eigenvalue weighted by Gasteiger charge is 1.95. The third-order valence-corrected chi connectivity index (χ3v) is 1.48. The van der Waals surface area contributed by atoms with Crippen LogP contribution in [0.1, 0.15) is 6.92 Å². The molecule has 0 saturated heterocycles. The van der Waals surface area contributed by atoms with Crippen molar-refractivity contribution >= 4 is 5.97 Å². The quantitative estimate of drug-likeness (QED) is 0.235. The van der Waals surface area contributed by atoms with Crippen LogP contribution in [0.15, 0.2) is 12.2 Å². The Labute approximate surface area is 125 Å². The van der Waals surface area contributed by atoms with Crippen LogP contribution in [-0.4, -0.2) is 86.4 Å². The Morgan fingerprint density at radius 2 is 1.14 bits per heavy atom. The molecule has 0 aliphatic heterocycles. The second-order valence-corrected chi connectivity index (χ2v) is 3.39. The van der Waals surface area contributed by atoms with Crippen LogP contribution in [0.5, 0.6) is 0 Å². The minimum absolute atomic E-state index is 0.0278. The van der Waals surface area contributed by atoms with E-state index in [1.807, 2.05) is 0 Å². The lowest BCUT2D eigenvalue weighted by molar-refractivity contribution is -0.136. The molecule has 21 heavy (non-hydrogen) atoms. The summed E-state index contributed by atoms with van der Waals surface area (Å²) in [7, 11) is 1.33. The molecule has 0 aromatic heterocycles. The molecule has 0 fully saturated rings. The number of aliphatic hydroxyl groups excluding tert-OH is 4. The average Bonchev–Trinajstić information content (AvgIpc) is 2.49. The van der Waals surface area contributed by atoms with Gasteiger partial charge in [0.15, 0.2) is 0 Å². The van der Waals surface area contributed by atoms with Gasteiger partial charge >= 0.3 is 5.97 Å². The molecule has 0 unspecified atom stereocenters. The Hall–Kier alpha value is -1.03. The van der Waals surface area contributed by atoms with Crippen molar-refractivity contribution in [2.75, 3.05) is 60.0 Å². The van der Waals surface area contributed by atoms with Crippen molar-refractivity contribution < 1.29 is 39.4 Å². The van der Waals surface area contributed by atoms with E-state index in [9.17, 15) is 4.79 Å². The van der Waals surface area contributed by atoms with E-state index < -0.39 is 0 Å². The predicted octanol–water partition coefficient (Wildman–Crippen LogP) is -1.29. The van der Waals surface area contributed by atoms with Gasteiger partial charge < -0.3 is 34.6 Å². The maximum absolute atomic E-state index is 10.2. The number of hydrogen-bond donors (Lipinski definition) is 4. The molecule has 0 aromatic carbocycles. The monoisotopic (exact) mass is 312 g/mol. The summed E-state index contributed by atoms with van der Waals surface area (Å²) in [5.74, 6) is -0.347. The molecule has 0 saturated carbocycles. The topological polar surface area (TPSA) is 126 Å². The first-order chi connectivity index (χ1) is 10.0. The van der Waals surface area contributed by atoms with Crippen LogP contribution in [0.3, 0.4) is 0 Å². The lowest BCUT2D eigenvalue weighted by Crippen LogP contribution is -2.03. The number of hydrogen-bond acceptors (Lipinski definition) is 8. The van der Waals surface area contributed by atoms with Crippen LogP contribution >= 0.6 is 0 Å². The van der Waals surface area contributed by atoms with Gasteiger partial charge in [0.1, 0.15) is 0 Å². The summed E-state index contributed by atoms with van der Waals surface area (Å²) in [4.78, 5) is 10.2. The summed E-state index contributed by atoms with van der Waals surface area (Å²) in [5.41, 5.74) is 0.433. The van der Waals surface area contributed by atoms with E-state index in [0.29, 0.717) is 32.0 Å². The molecule has 0 aliphatic rings. The zero-order chi connectivity index (χ0) is 16.9. The van der Waals surface area contributed by atoms with Crippen LogP contribution in [-0.2, 0) is 19.0 Å². The first-order valence-electron chi connectivity index (χ1n) is 6.34. The lowest BCUT2D eigenvalue weighted by Gasteiger charge is -1.94. The molecular formula is C13H28O8. The van der Waals surface area contributed by atoms with Gasteiger partial charge in [-0.3, -0.25) is 0 Å². The SMILES string of the molecule is C=C(C)C(=O)OC.OCCOCCO.OCCOCCO. The normalized spacial score (nSPS) is 8.86. The molecule has 0 amide bonds. The van der Waals surface area contributed by atoms with Crippen LogP contribution in [0.2, 0.25) is 0 Å². The zero-order valence-corrected chi connectivity index (χ0v) is 12.8. The molecule has 128 valence electrons. The van der Waals surface area contributed by atoms with Crippen molar-refractivity contribution in [3.05, 3.63) is 12.2 Å². The number of rotatable bonds is 9. The van der Waals surface area contributed by atoms with E-state index in [1.54, 1.807) is 6.92 Å². The van der Waals surface area contributed by atoms with Gasteiger partial charge in [-0.2, -0.15) is 0 Å². The predicted molar refractivity (Wildman–Crippen MR) is 76.8 cm³/mol. The summed E-state index contributed by atoms with van der Waals surface area (Å²) in [6, 6.07) is 0. The number of ether oxygens (including phenoxy) is 3. The van der Waals surface area contributed by atoms with Gasteiger partial charge in [-0.1, -0.05) is 6.58 Å². The Balaban J connectivity index is -0.000000231. The summed E-state index contributed by atoms with van der Waals surface area (Å²) in [6.07, 6.45) is 0. The van der Waals surface area contributed by atoms with E-state index in [-0.39, 0.29) is 32.4 Å². The van der Waals surface area contributed by atoms with Gasteiger partial charge in [0.05, 0.1) is 60.0 Å². The fraction of sp³-hybridized carbons (Fsp3) is 0.769. The molecule has 0 radical (unpaired) electrons. The van der Waals surface area contributed by atoms with Gasteiger partial charge in [0, 0.05) is 5.57 Å². The molecule has 0 atom stereocenters. The lowest BCUT2D eigenvalue weighted by atomic mass is 10.4. The minimum atomic E-state index is -0.347. The highest BCUT2D eigenvalue weighted by molar-refractivity contribution is 5.86. The minimum Gasteiger partial charge on any atom is -0.466 e. The highest BCUT2D eigenvalue weighted by atomic mass is 16.5. The third kappa shape index (κ3) is 32.5. The fourth-order valence-electron chi connectivity index (χ4n) is 0.637. The molecule has 0 bridgehead atoms. The molecule has 0 heterocycles. The number of aliphatic hydroxyl groups is 4. The average molecular weight is 312 g/mol. The van der Waals surface area contributed by atoms with Gasteiger partial charge in [-0.15, -0.1) is 0 Å². The van der Waals surface area contributed by atoms with Crippen molar-refractivity contribution in [2.45, 2.75) is 6.92 Å². The number of carbonyl (C=O) groups is 1. The summed E-state index contributed by atoms with van der Waals surface area (Å²) in [6.45, 7) is 6.35. The van der Waals surface area contributed by atoms with Crippen molar-refractivity contribution in [2.24, 2.45) is 0 Å². The van der Waals surface area contributed by atoms with Crippen molar-refractivity contribution in [3.8, 4) is 0 Å². The molecule has 4 N–H and O–H groups in total. The van der Waals surface area contributed by atoms with Crippen LogP contribution in [0.4, 0.5) is 0 Å². The zero-order valence-electron chi connectivity index (χ0n) is 12.8. The summed E-state index contributed by atoms with van der Waals surface area (Å²) >= 11 is 0. The second kappa shape index (κ2) is 24.0. The van der Waals surface area contributed by atoms with Crippen molar-refractivity contribution in [3.63, 3.8) is 0 Å². The standard InChI is InChI=1S/C5H8O2.2C4H10O3/c1-4(2)5(6)7-3;2*5-1-3-7-4-2-6/h1H2,2-3H3;2*5-6H,1-4H2. The summed E-state index contributed by atoms with van der Waals surface area (Å²) < 4.78 is 13.5. The Bertz CT molecular complexity index is 202. The number of esters is 1. The molecule has 0 aromatic rings. The Morgan fingerprint density at radius 1 is 0.857 bits per heavy atom. The van der Waals surface area contributed by atoms with E-state index in [4.69, 9.17) is 20.4 Å². The third-order valence-electron chi connectivity index (χ3n) is 1.48. The first-order valence-corrected chi connectivity index (χ1v) is 6.34. The van der Waals surface area contributed by atoms with E-state index in [2.05, 4.69) is 20.8 Å². The second-order valence-electron chi connectivity index (χ2n) is 3.39. The van der Waals surface area contributed by atoms with E-state index >= 15 is 0 Å². The van der Waals surface area contributed by atoms with E-state index in [0.717, 1.165) is 0 Å². The van der Waals surface area contributed by atoms with Gasteiger partial charge in [0.25, 0.3) is 0 Å². The van der Waals surface area contributed by atoms with E-state index in [1.165, 1.54) is 7.11 Å². The highest BCUT2D eigenvalue weighted by Crippen LogP contribution is 1.87. The van der Waals surface area contributed by atoms with Gasteiger partial charge in [-0.05, 0) is 6.92 Å². The van der Waals surface area contributed by atoms with Crippen LogP contribution in [0.25, 0.3) is 0 Å².